The van der Waals surface area contributed by atoms with Gasteiger partial charge in [0.25, 0.3) is 0 Å². The van der Waals surface area contributed by atoms with Crippen LogP contribution in [0.2, 0.25) is 0 Å². The normalized spacial score (nSPS) is 11.1. The lowest BCUT2D eigenvalue weighted by atomic mass is 10.2. The van der Waals surface area contributed by atoms with Crippen molar-refractivity contribution < 1.29 is 29.0 Å². The first-order valence-electron chi connectivity index (χ1n) is 6.01. The lowest BCUT2D eigenvalue weighted by molar-refractivity contribution is -0.147. The van der Waals surface area contributed by atoms with Gasteiger partial charge in [0.15, 0.2) is 0 Å². The molecule has 0 radical (unpaired) electrons. The molecule has 9 nitrogen and oxygen atoms in total. The molecule has 0 aliphatic carbocycles. The quantitative estimate of drug-likeness (QED) is 0.416. The van der Waals surface area contributed by atoms with Crippen LogP contribution >= 0.6 is 0 Å². The van der Waals surface area contributed by atoms with E-state index in [0.29, 0.717) is 6.54 Å². The zero-order valence-corrected chi connectivity index (χ0v) is 11.4. The summed E-state index contributed by atoms with van der Waals surface area (Å²) in [6, 6.07) is -2.16. The number of rotatable bonds is 8. The Labute approximate surface area is 116 Å². The highest BCUT2D eigenvalue weighted by atomic mass is 16.5. The van der Waals surface area contributed by atoms with Crippen molar-refractivity contribution in [3.05, 3.63) is 0 Å². The molecule has 0 saturated carbocycles. The Morgan fingerprint density at radius 3 is 2.35 bits per heavy atom. The Balaban J connectivity index is 4.11. The fraction of sp³-hybridized carbons (Fsp3) is 0.636. The molecular formula is C11H19N3O6. The van der Waals surface area contributed by atoms with E-state index in [2.05, 4.69) is 20.7 Å². The van der Waals surface area contributed by atoms with Crippen molar-refractivity contribution in [2.75, 3.05) is 20.2 Å². The number of methoxy groups -OCH3 is 1. The van der Waals surface area contributed by atoms with Crippen LogP contribution in [-0.4, -0.2) is 55.2 Å². The van der Waals surface area contributed by atoms with E-state index in [4.69, 9.17) is 5.11 Å². The summed E-state index contributed by atoms with van der Waals surface area (Å²) >= 11 is 0. The minimum absolute atomic E-state index is 0.0578. The maximum atomic E-state index is 11.4. The molecule has 0 saturated heterocycles. The fourth-order valence-electron chi connectivity index (χ4n) is 1.23. The lowest BCUT2D eigenvalue weighted by Crippen LogP contribution is -2.47. The Hall–Kier alpha value is -2.32. The van der Waals surface area contributed by atoms with Crippen LogP contribution in [0, 0.1) is 0 Å². The van der Waals surface area contributed by atoms with E-state index >= 15 is 0 Å². The summed E-state index contributed by atoms with van der Waals surface area (Å²) < 4.78 is 4.33. The molecule has 0 fully saturated rings. The van der Waals surface area contributed by atoms with Gasteiger partial charge in [-0.1, -0.05) is 0 Å². The van der Waals surface area contributed by atoms with E-state index in [-0.39, 0.29) is 18.9 Å². The average molecular weight is 289 g/mol. The molecule has 1 atom stereocenters. The van der Waals surface area contributed by atoms with Gasteiger partial charge in [0, 0.05) is 19.5 Å². The highest BCUT2D eigenvalue weighted by molar-refractivity contribution is 5.86. The van der Waals surface area contributed by atoms with E-state index < -0.39 is 30.4 Å². The monoisotopic (exact) mass is 289 g/mol. The van der Waals surface area contributed by atoms with Crippen LogP contribution in [0.3, 0.4) is 0 Å². The third-order valence-electron chi connectivity index (χ3n) is 2.21. The van der Waals surface area contributed by atoms with Gasteiger partial charge < -0.3 is 25.8 Å². The van der Waals surface area contributed by atoms with E-state index in [1.807, 2.05) is 0 Å². The summed E-state index contributed by atoms with van der Waals surface area (Å²) in [7, 11) is 1.12. The number of carboxylic acids is 1. The van der Waals surface area contributed by atoms with Crippen LogP contribution in [0.1, 0.15) is 19.8 Å². The molecule has 114 valence electrons. The Kier molecular flexibility index (Phi) is 8.48. The second-order valence-electron chi connectivity index (χ2n) is 3.77. The van der Waals surface area contributed by atoms with Gasteiger partial charge >= 0.3 is 18.0 Å². The molecular weight excluding hydrogens is 270 g/mol. The lowest BCUT2D eigenvalue weighted by Gasteiger charge is -2.14. The highest BCUT2D eigenvalue weighted by Gasteiger charge is 2.23. The standard InChI is InChI=1S/C11H19N3O6/c1-3-12-8(15)4-5-13-11(19)14-7(10(17)18)6-9(16)20-2/h7H,3-6H2,1-2H3,(H,12,15)(H,17,18)(H2,13,14,19)/t7-/m0/s1. The maximum absolute atomic E-state index is 11.4. The highest BCUT2D eigenvalue weighted by Crippen LogP contribution is 1.95. The van der Waals surface area contributed by atoms with Gasteiger partial charge in [0.05, 0.1) is 13.5 Å². The van der Waals surface area contributed by atoms with Crippen LogP contribution in [-0.2, 0) is 19.1 Å². The number of carboxylic acid groups (broad SMARTS) is 1. The first-order valence-corrected chi connectivity index (χ1v) is 6.01. The van der Waals surface area contributed by atoms with Gasteiger partial charge in [0.2, 0.25) is 5.91 Å². The predicted octanol–water partition coefficient (Wildman–Crippen LogP) is -1.17. The van der Waals surface area contributed by atoms with Crippen molar-refractivity contribution >= 4 is 23.9 Å². The van der Waals surface area contributed by atoms with Crippen LogP contribution in [0.4, 0.5) is 4.79 Å². The van der Waals surface area contributed by atoms with Gasteiger partial charge in [-0.05, 0) is 6.92 Å². The van der Waals surface area contributed by atoms with Gasteiger partial charge in [-0.3, -0.25) is 9.59 Å². The van der Waals surface area contributed by atoms with Crippen molar-refractivity contribution in [2.45, 2.75) is 25.8 Å². The number of ether oxygens (including phenoxy) is 1. The number of carbonyl (C=O) groups excluding carboxylic acids is 3. The number of aliphatic carboxylic acids is 1. The third kappa shape index (κ3) is 7.90. The molecule has 0 spiro atoms. The zero-order valence-electron chi connectivity index (χ0n) is 11.4. The first kappa shape index (κ1) is 17.7. The fourth-order valence-corrected chi connectivity index (χ4v) is 1.23. The molecule has 3 amide bonds. The molecule has 0 aromatic carbocycles. The minimum atomic E-state index is -1.38. The van der Waals surface area contributed by atoms with Crippen molar-refractivity contribution in [3.8, 4) is 0 Å². The Bertz CT molecular complexity index is 371. The second kappa shape index (κ2) is 9.59. The van der Waals surface area contributed by atoms with Gasteiger partial charge in [-0.15, -0.1) is 0 Å². The number of urea groups is 1. The maximum Gasteiger partial charge on any atom is 0.326 e. The molecule has 20 heavy (non-hydrogen) atoms. The van der Waals surface area contributed by atoms with Crippen molar-refractivity contribution in [2.24, 2.45) is 0 Å². The molecule has 0 aliphatic rings. The number of hydrogen-bond acceptors (Lipinski definition) is 5. The summed E-state index contributed by atoms with van der Waals surface area (Å²) in [5, 5.41) is 15.8. The zero-order chi connectivity index (χ0) is 15.5. The van der Waals surface area contributed by atoms with Gasteiger partial charge in [0.1, 0.15) is 6.04 Å². The molecule has 0 aromatic rings. The van der Waals surface area contributed by atoms with Gasteiger partial charge in [-0.25, -0.2) is 9.59 Å². The first-order chi connectivity index (χ1) is 9.40. The SMILES string of the molecule is CCNC(=O)CCNC(=O)N[C@@H](CC(=O)OC)C(=O)O. The van der Waals surface area contributed by atoms with E-state index in [9.17, 15) is 19.2 Å². The van der Waals surface area contributed by atoms with Crippen LogP contribution in [0.15, 0.2) is 0 Å². The minimum Gasteiger partial charge on any atom is -0.480 e. The topological polar surface area (TPSA) is 134 Å². The summed E-state index contributed by atoms with van der Waals surface area (Å²) in [6.07, 6.45) is -0.397. The third-order valence-corrected chi connectivity index (χ3v) is 2.21. The number of esters is 1. The number of carbonyl (C=O) groups is 4. The summed E-state index contributed by atoms with van der Waals surface area (Å²) in [5.74, 6) is -2.33. The Morgan fingerprint density at radius 2 is 1.85 bits per heavy atom. The molecule has 9 heteroatoms. The molecule has 0 aliphatic heterocycles. The predicted molar refractivity (Wildman–Crippen MR) is 67.9 cm³/mol. The molecule has 0 bridgehead atoms. The molecule has 0 unspecified atom stereocenters. The number of hydrogen-bond donors (Lipinski definition) is 4. The molecule has 0 heterocycles. The van der Waals surface area contributed by atoms with Crippen molar-refractivity contribution in [3.63, 3.8) is 0 Å². The van der Waals surface area contributed by atoms with Crippen molar-refractivity contribution in [1.82, 2.24) is 16.0 Å². The van der Waals surface area contributed by atoms with Crippen LogP contribution in [0.5, 0.6) is 0 Å². The molecule has 0 rings (SSSR count). The summed E-state index contributed by atoms with van der Waals surface area (Å²) in [4.78, 5) is 44.3. The smallest absolute Gasteiger partial charge is 0.326 e. The summed E-state index contributed by atoms with van der Waals surface area (Å²) in [5.41, 5.74) is 0. The van der Waals surface area contributed by atoms with Crippen LogP contribution < -0.4 is 16.0 Å². The molecule has 4 N–H and O–H groups in total. The van der Waals surface area contributed by atoms with Gasteiger partial charge in [-0.2, -0.15) is 0 Å². The summed E-state index contributed by atoms with van der Waals surface area (Å²) in [6.45, 7) is 2.32. The number of amides is 3. The number of nitrogens with one attached hydrogen (secondary N) is 3. The van der Waals surface area contributed by atoms with E-state index in [0.717, 1.165) is 7.11 Å². The largest absolute Gasteiger partial charge is 0.480 e. The molecule has 0 aromatic heterocycles. The average Bonchev–Trinajstić information content (AvgIpc) is 2.37. The Morgan fingerprint density at radius 1 is 1.20 bits per heavy atom. The van der Waals surface area contributed by atoms with E-state index in [1.165, 1.54) is 0 Å². The van der Waals surface area contributed by atoms with Crippen LogP contribution in [0.25, 0.3) is 0 Å². The van der Waals surface area contributed by atoms with Crippen molar-refractivity contribution in [1.29, 1.82) is 0 Å². The van der Waals surface area contributed by atoms with E-state index in [1.54, 1.807) is 6.92 Å². The second-order valence-corrected chi connectivity index (χ2v) is 3.77.